The third-order valence-electron chi connectivity index (χ3n) is 4.88. The van der Waals surface area contributed by atoms with Crippen molar-refractivity contribution in [1.82, 2.24) is 0 Å². The third kappa shape index (κ3) is 0.905. The summed E-state index contributed by atoms with van der Waals surface area (Å²) in [6.07, 6.45) is 6.53. The summed E-state index contributed by atoms with van der Waals surface area (Å²) < 4.78 is 0. The van der Waals surface area contributed by atoms with Gasteiger partial charge in [0, 0.05) is 0 Å². The Balaban J connectivity index is 2.44. The van der Waals surface area contributed by atoms with Crippen molar-refractivity contribution in [2.45, 2.75) is 40.0 Å². The first-order valence-electron chi connectivity index (χ1n) is 5.17. The first-order chi connectivity index (χ1) is 6.02. The molecule has 2 rings (SSSR count). The van der Waals surface area contributed by atoms with Crippen molar-refractivity contribution in [3.63, 3.8) is 0 Å². The molecule has 72 valence electrons. The van der Waals surface area contributed by atoms with E-state index >= 15 is 0 Å². The second kappa shape index (κ2) is 2.46. The van der Waals surface area contributed by atoms with Gasteiger partial charge in [0.15, 0.2) is 0 Å². The van der Waals surface area contributed by atoms with Gasteiger partial charge in [-0.05, 0) is 42.1 Å². The molecule has 1 heteroatoms. The number of hydrogen-bond acceptors (Lipinski definition) is 1. The first-order valence-corrected chi connectivity index (χ1v) is 5.17. The Labute approximate surface area is 80.2 Å². The lowest BCUT2D eigenvalue weighted by atomic mass is 9.69. The minimum atomic E-state index is 0.304. The van der Waals surface area contributed by atoms with Gasteiger partial charge in [0.25, 0.3) is 0 Å². The molecule has 2 saturated carbocycles. The van der Waals surface area contributed by atoms with Crippen molar-refractivity contribution in [1.29, 1.82) is 0 Å². The fourth-order valence-electron chi connectivity index (χ4n) is 3.35. The number of hydrogen-bond donors (Lipinski definition) is 0. The molecule has 2 aliphatic carbocycles. The van der Waals surface area contributed by atoms with Gasteiger partial charge >= 0.3 is 0 Å². The van der Waals surface area contributed by atoms with Gasteiger partial charge in [0.05, 0.1) is 0 Å². The molecule has 2 bridgehead atoms. The normalized spacial score (nSPS) is 44.2. The van der Waals surface area contributed by atoms with E-state index in [1.165, 1.54) is 18.4 Å². The lowest BCUT2D eigenvalue weighted by molar-refractivity contribution is -0.104. The average Bonchev–Trinajstić information content (AvgIpc) is 2.37. The van der Waals surface area contributed by atoms with E-state index in [1.807, 2.05) is 0 Å². The zero-order chi connectivity index (χ0) is 9.69. The van der Waals surface area contributed by atoms with Crippen LogP contribution >= 0.6 is 0 Å². The Bertz CT molecular complexity index is 275. The van der Waals surface area contributed by atoms with Gasteiger partial charge in [0.1, 0.15) is 6.29 Å². The predicted molar refractivity (Wildman–Crippen MR) is 53.4 cm³/mol. The minimum Gasteiger partial charge on any atom is -0.299 e. The molecular formula is C12H18O. The Morgan fingerprint density at radius 1 is 1.38 bits per heavy atom. The molecule has 0 saturated heterocycles. The van der Waals surface area contributed by atoms with Crippen LogP contribution in [0, 0.1) is 16.7 Å². The predicted octanol–water partition coefficient (Wildman–Crippen LogP) is 2.96. The van der Waals surface area contributed by atoms with Crippen LogP contribution in [0.15, 0.2) is 11.6 Å². The molecular weight excluding hydrogens is 160 g/mol. The number of aldehydes is 1. The second-order valence-corrected chi connectivity index (χ2v) is 5.32. The van der Waals surface area contributed by atoms with Gasteiger partial charge in [-0.15, -0.1) is 0 Å². The zero-order valence-corrected chi connectivity index (χ0v) is 8.76. The van der Waals surface area contributed by atoms with Crippen LogP contribution in [0.2, 0.25) is 0 Å². The number of fused-ring (bicyclic) bond motifs is 2. The van der Waals surface area contributed by atoms with E-state index < -0.39 is 0 Å². The van der Waals surface area contributed by atoms with Crippen molar-refractivity contribution in [3.05, 3.63) is 11.6 Å². The van der Waals surface area contributed by atoms with Crippen LogP contribution in [-0.2, 0) is 4.79 Å². The monoisotopic (exact) mass is 178 g/mol. The summed E-state index contributed by atoms with van der Waals surface area (Å²) in [5, 5.41) is 0. The average molecular weight is 178 g/mol. The molecule has 0 aromatic rings. The van der Waals surface area contributed by atoms with Crippen molar-refractivity contribution in [2.75, 3.05) is 0 Å². The molecule has 1 nitrogen and oxygen atoms in total. The lowest BCUT2D eigenvalue weighted by Gasteiger charge is -2.35. The van der Waals surface area contributed by atoms with Crippen LogP contribution in [0.5, 0.6) is 0 Å². The second-order valence-electron chi connectivity index (χ2n) is 5.32. The highest BCUT2D eigenvalue weighted by Gasteiger charge is 2.58. The van der Waals surface area contributed by atoms with E-state index in [9.17, 15) is 4.79 Å². The summed E-state index contributed by atoms with van der Waals surface area (Å²) in [6.45, 7) is 7.04. The number of allylic oxidation sites excluding steroid dienone is 2. The standard InChI is InChI=1S/C12H18O/c1-11(2)9-4-6-12(11,3)10(8-9)5-7-13/h5,7,9H,4,6,8H2,1-3H3/t9-,12+/m0/s1. The molecule has 0 amide bonds. The van der Waals surface area contributed by atoms with Gasteiger partial charge in [-0.3, -0.25) is 4.79 Å². The van der Waals surface area contributed by atoms with Crippen LogP contribution in [0.25, 0.3) is 0 Å². The van der Waals surface area contributed by atoms with Gasteiger partial charge in [-0.25, -0.2) is 0 Å². The molecule has 0 aliphatic heterocycles. The van der Waals surface area contributed by atoms with Crippen LogP contribution in [0.3, 0.4) is 0 Å². The Morgan fingerprint density at radius 2 is 2.08 bits per heavy atom. The van der Waals surface area contributed by atoms with Crippen LogP contribution in [0.1, 0.15) is 40.0 Å². The van der Waals surface area contributed by atoms with Crippen LogP contribution in [0.4, 0.5) is 0 Å². The van der Waals surface area contributed by atoms with Crippen molar-refractivity contribution in [2.24, 2.45) is 16.7 Å². The van der Waals surface area contributed by atoms with E-state index in [4.69, 9.17) is 0 Å². The summed E-state index contributed by atoms with van der Waals surface area (Å²) in [4.78, 5) is 10.5. The maximum absolute atomic E-state index is 10.5. The number of rotatable bonds is 1. The van der Waals surface area contributed by atoms with Gasteiger partial charge in [-0.1, -0.05) is 26.3 Å². The Kier molecular flexibility index (Phi) is 1.70. The highest BCUT2D eigenvalue weighted by molar-refractivity contribution is 5.67. The smallest absolute Gasteiger partial charge is 0.142 e. The Hall–Kier alpha value is -0.590. The van der Waals surface area contributed by atoms with Crippen LogP contribution < -0.4 is 0 Å². The van der Waals surface area contributed by atoms with Gasteiger partial charge < -0.3 is 0 Å². The molecule has 0 unspecified atom stereocenters. The van der Waals surface area contributed by atoms with E-state index in [-0.39, 0.29) is 0 Å². The largest absolute Gasteiger partial charge is 0.299 e. The maximum Gasteiger partial charge on any atom is 0.142 e. The van der Waals surface area contributed by atoms with E-state index in [2.05, 4.69) is 20.8 Å². The van der Waals surface area contributed by atoms with Gasteiger partial charge in [0.2, 0.25) is 0 Å². The molecule has 13 heavy (non-hydrogen) atoms. The molecule has 2 atom stereocenters. The fourth-order valence-corrected chi connectivity index (χ4v) is 3.35. The van der Waals surface area contributed by atoms with Crippen molar-refractivity contribution in [3.8, 4) is 0 Å². The van der Waals surface area contributed by atoms with Gasteiger partial charge in [-0.2, -0.15) is 0 Å². The topological polar surface area (TPSA) is 17.1 Å². The molecule has 2 fully saturated rings. The molecule has 0 aromatic heterocycles. The highest BCUT2D eigenvalue weighted by atomic mass is 16.1. The highest BCUT2D eigenvalue weighted by Crippen LogP contribution is 2.67. The maximum atomic E-state index is 10.5. The summed E-state index contributed by atoms with van der Waals surface area (Å²) >= 11 is 0. The SMILES string of the molecule is CC1(C)[C@H]2CC[C@]1(C)C(=CC=O)C2. The summed E-state index contributed by atoms with van der Waals surface area (Å²) in [5.41, 5.74) is 2.10. The van der Waals surface area contributed by atoms with E-state index in [0.29, 0.717) is 10.8 Å². The minimum absolute atomic E-state index is 0.304. The summed E-state index contributed by atoms with van der Waals surface area (Å²) in [7, 11) is 0. The fraction of sp³-hybridized carbons (Fsp3) is 0.750. The Morgan fingerprint density at radius 3 is 2.46 bits per heavy atom. The van der Waals surface area contributed by atoms with Crippen LogP contribution in [-0.4, -0.2) is 6.29 Å². The van der Waals surface area contributed by atoms with E-state index in [1.54, 1.807) is 6.08 Å². The number of carbonyl (C=O) groups is 1. The first kappa shape index (κ1) is 8.98. The summed E-state index contributed by atoms with van der Waals surface area (Å²) in [5.74, 6) is 0.809. The van der Waals surface area contributed by atoms with Crippen molar-refractivity contribution < 1.29 is 4.79 Å². The lowest BCUT2D eigenvalue weighted by Crippen LogP contribution is -2.28. The van der Waals surface area contributed by atoms with E-state index in [0.717, 1.165) is 18.6 Å². The molecule has 2 aliphatic rings. The quantitative estimate of drug-likeness (QED) is 0.445. The third-order valence-corrected chi connectivity index (χ3v) is 4.88. The van der Waals surface area contributed by atoms with Crippen molar-refractivity contribution >= 4 is 6.29 Å². The molecule has 0 radical (unpaired) electrons. The molecule has 0 N–H and O–H groups in total. The molecule has 0 aromatic carbocycles. The zero-order valence-electron chi connectivity index (χ0n) is 8.76. The molecule has 0 heterocycles. The molecule has 0 spiro atoms. The summed E-state index contributed by atoms with van der Waals surface area (Å²) in [6, 6.07) is 0. The number of carbonyl (C=O) groups excluding carboxylic acids is 1.